The highest BCUT2D eigenvalue weighted by Crippen LogP contribution is 2.29. The number of furan rings is 1. The van der Waals surface area contributed by atoms with E-state index in [1.165, 1.54) is 11.3 Å². The van der Waals surface area contributed by atoms with Crippen molar-refractivity contribution in [3.63, 3.8) is 0 Å². The molecule has 110 valence electrons. The van der Waals surface area contributed by atoms with Crippen LogP contribution in [0.25, 0.3) is 10.6 Å². The minimum absolute atomic E-state index is 0.0163. The largest absolute Gasteiger partial charge is 0.461 e. The van der Waals surface area contributed by atoms with Gasteiger partial charge >= 0.3 is 5.97 Å². The van der Waals surface area contributed by atoms with Crippen LogP contribution in [0.5, 0.6) is 0 Å². The number of hydrogen-bond acceptors (Lipinski definition) is 5. The second-order valence-electron chi connectivity index (χ2n) is 4.98. The Morgan fingerprint density at radius 1 is 1.43 bits per heavy atom. The van der Waals surface area contributed by atoms with Crippen LogP contribution in [-0.2, 0) is 9.53 Å². The Bertz CT molecular complexity index is 673. The molecule has 1 N–H and O–H groups in total. The van der Waals surface area contributed by atoms with Crippen LogP contribution in [-0.4, -0.2) is 24.5 Å². The quantitative estimate of drug-likeness (QED) is 0.882. The van der Waals surface area contributed by atoms with Gasteiger partial charge in [-0.3, -0.25) is 4.79 Å². The summed E-state index contributed by atoms with van der Waals surface area (Å²) in [6, 6.07) is 7.28. The van der Waals surface area contributed by atoms with Crippen molar-refractivity contribution in [1.82, 2.24) is 5.32 Å². The summed E-state index contributed by atoms with van der Waals surface area (Å²) < 4.78 is 10.8. The first-order chi connectivity index (χ1) is 10.1. The van der Waals surface area contributed by atoms with Gasteiger partial charge in [-0.05, 0) is 37.6 Å². The van der Waals surface area contributed by atoms with E-state index < -0.39 is 0 Å². The lowest BCUT2D eigenvalue weighted by atomic mass is 10.2. The summed E-state index contributed by atoms with van der Waals surface area (Å²) >= 11 is 1.33. The number of rotatable bonds is 4. The standard InChI is InChI=1S/C15H15NO4S/c1-9-2-4-11(20-9)12-5-6-13(21-12)15(18)19-8-10-3-7-14(17)16-10/h2,4-6,10H,3,7-8H2,1H3,(H,16,17). The first kappa shape index (κ1) is 13.9. The van der Waals surface area contributed by atoms with E-state index >= 15 is 0 Å². The number of nitrogens with one attached hydrogen (secondary N) is 1. The Labute approximate surface area is 125 Å². The lowest BCUT2D eigenvalue weighted by Crippen LogP contribution is -2.30. The van der Waals surface area contributed by atoms with E-state index in [9.17, 15) is 9.59 Å². The molecular formula is C15H15NO4S. The van der Waals surface area contributed by atoms with E-state index in [4.69, 9.17) is 9.15 Å². The van der Waals surface area contributed by atoms with Gasteiger partial charge in [-0.1, -0.05) is 0 Å². The molecule has 21 heavy (non-hydrogen) atoms. The van der Waals surface area contributed by atoms with E-state index in [-0.39, 0.29) is 24.5 Å². The lowest BCUT2D eigenvalue weighted by Gasteiger charge is -2.09. The van der Waals surface area contributed by atoms with Gasteiger partial charge in [0, 0.05) is 6.42 Å². The van der Waals surface area contributed by atoms with Crippen molar-refractivity contribution in [3.8, 4) is 10.6 Å². The third-order valence-corrected chi connectivity index (χ3v) is 4.37. The fraction of sp³-hybridized carbons (Fsp3) is 0.333. The van der Waals surface area contributed by atoms with Gasteiger partial charge in [-0.25, -0.2) is 4.79 Å². The highest BCUT2D eigenvalue weighted by molar-refractivity contribution is 7.17. The van der Waals surface area contributed by atoms with E-state index in [0.29, 0.717) is 17.7 Å². The van der Waals surface area contributed by atoms with Gasteiger partial charge in [0.1, 0.15) is 23.0 Å². The Hall–Kier alpha value is -2.08. The molecule has 0 aromatic carbocycles. The van der Waals surface area contributed by atoms with Crippen molar-refractivity contribution in [2.24, 2.45) is 0 Å². The second kappa shape index (κ2) is 5.73. The maximum atomic E-state index is 12.0. The van der Waals surface area contributed by atoms with Crippen LogP contribution < -0.4 is 5.32 Å². The summed E-state index contributed by atoms with van der Waals surface area (Å²) in [7, 11) is 0. The van der Waals surface area contributed by atoms with Crippen molar-refractivity contribution >= 4 is 23.2 Å². The summed E-state index contributed by atoms with van der Waals surface area (Å²) in [4.78, 5) is 24.5. The SMILES string of the molecule is Cc1ccc(-c2ccc(C(=O)OCC3CCC(=O)N3)s2)o1. The number of carbonyl (C=O) groups is 2. The van der Waals surface area contributed by atoms with Crippen LogP contribution >= 0.6 is 11.3 Å². The molecule has 0 saturated carbocycles. The van der Waals surface area contributed by atoms with E-state index in [1.54, 1.807) is 6.07 Å². The zero-order valence-corrected chi connectivity index (χ0v) is 12.4. The van der Waals surface area contributed by atoms with Crippen molar-refractivity contribution in [2.45, 2.75) is 25.8 Å². The average molecular weight is 305 g/mol. The fourth-order valence-electron chi connectivity index (χ4n) is 2.20. The normalized spacial score (nSPS) is 17.8. The summed E-state index contributed by atoms with van der Waals surface area (Å²) in [5.74, 6) is 1.23. The first-order valence-electron chi connectivity index (χ1n) is 6.75. The monoisotopic (exact) mass is 305 g/mol. The van der Waals surface area contributed by atoms with Crippen LogP contribution in [0, 0.1) is 6.92 Å². The maximum Gasteiger partial charge on any atom is 0.348 e. The summed E-state index contributed by atoms with van der Waals surface area (Å²) in [5, 5.41) is 2.77. The molecule has 1 saturated heterocycles. The molecule has 5 nitrogen and oxygen atoms in total. The number of carbonyl (C=O) groups excluding carboxylic acids is 2. The summed E-state index contributed by atoms with van der Waals surface area (Å²) in [6.07, 6.45) is 1.22. The van der Waals surface area contributed by atoms with Crippen molar-refractivity contribution in [3.05, 3.63) is 34.9 Å². The van der Waals surface area contributed by atoms with Crippen LogP contribution in [0.15, 0.2) is 28.7 Å². The summed E-state index contributed by atoms with van der Waals surface area (Å²) in [6.45, 7) is 2.10. The number of thiophene rings is 1. The Balaban J connectivity index is 1.60. The van der Waals surface area contributed by atoms with E-state index in [2.05, 4.69) is 5.32 Å². The van der Waals surface area contributed by atoms with E-state index in [1.807, 2.05) is 25.1 Å². The molecule has 2 aromatic rings. The zero-order chi connectivity index (χ0) is 14.8. The molecule has 0 radical (unpaired) electrons. The zero-order valence-electron chi connectivity index (χ0n) is 11.5. The number of aryl methyl sites for hydroxylation is 1. The molecule has 1 aliphatic rings. The topological polar surface area (TPSA) is 68.5 Å². The Morgan fingerprint density at radius 2 is 2.29 bits per heavy atom. The molecule has 1 amide bonds. The van der Waals surface area contributed by atoms with Crippen molar-refractivity contribution in [1.29, 1.82) is 0 Å². The number of amides is 1. The molecule has 3 rings (SSSR count). The molecule has 1 unspecified atom stereocenters. The average Bonchev–Trinajstić information content (AvgIpc) is 3.16. The van der Waals surface area contributed by atoms with Crippen molar-refractivity contribution in [2.75, 3.05) is 6.61 Å². The fourth-order valence-corrected chi connectivity index (χ4v) is 3.06. The maximum absolute atomic E-state index is 12.0. The highest BCUT2D eigenvalue weighted by Gasteiger charge is 2.22. The molecule has 0 bridgehead atoms. The molecule has 0 spiro atoms. The molecule has 3 heterocycles. The third kappa shape index (κ3) is 3.16. The van der Waals surface area contributed by atoms with Gasteiger partial charge in [0.15, 0.2) is 0 Å². The Kier molecular flexibility index (Phi) is 3.79. The minimum atomic E-state index is -0.365. The van der Waals surface area contributed by atoms with Gasteiger partial charge in [0.05, 0.1) is 10.9 Å². The lowest BCUT2D eigenvalue weighted by molar-refractivity contribution is -0.119. The van der Waals surface area contributed by atoms with Crippen molar-refractivity contribution < 1.29 is 18.7 Å². The number of ether oxygens (including phenoxy) is 1. The molecule has 1 aliphatic heterocycles. The minimum Gasteiger partial charge on any atom is -0.461 e. The third-order valence-electron chi connectivity index (χ3n) is 3.29. The van der Waals surface area contributed by atoms with Crippen LogP contribution in [0.2, 0.25) is 0 Å². The smallest absolute Gasteiger partial charge is 0.348 e. The molecule has 2 aromatic heterocycles. The molecule has 6 heteroatoms. The van der Waals surface area contributed by atoms with Gasteiger partial charge in [0.2, 0.25) is 5.91 Å². The number of hydrogen-bond donors (Lipinski definition) is 1. The highest BCUT2D eigenvalue weighted by atomic mass is 32.1. The van der Waals surface area contributed by atoms with Gasteiger partial charge in [-0.2, -0.15) is 0 Å². The molecule has 1 atom stereocenters. The molecule has 1 fully saturated rings. The second-order valence-corrected chi connectivity index (χ2v) is 6.06. The van der Waals surface area contributed by atoms with Gasteiger partial charge in [0.25, 0.3) is 0 Å². The molecular weight excluding hydrogens is 290 g/mol. The number of esters is 1. The predicted octanol–water partition coefficient (Wildman–Crippen LogP) is 2.75. The van der Waals surface area contributed by atoms with Gasteiger partial charge < -0.3 is 14.5 Å². The van der Waals surface area contributed by atoms with Crippen LogP contribution in [0.4, 0.5) is 0 Å². The molecule has 0 aliphatic carbocycles. The first-order valence-corrected chi connectivity index (χ1v) is 7.56. The Morgan fingerprint density at radius 3 is 2.95 bits per heavy atom. The van der Waals surface area contributed by atoms with E-state index in [0.717, 1.165) is 16.4 Å². The van der Waals surface area contributed by atoms with Crippen LogP contribution in [0.1, 0.15) is 28.3 Å². The van der Waals surface area contributed by atoms with Crippen LogP contribution in [0.3, 0.4) is 0 Å². The summed E-state index contributed by atoms with van der Waals surface area (Å²) in [5.41, 5.74) is 0. The van der Waals surface area contributed by atoms with Gasteiger partial charge in [-0.15, -0.1) is 11.3 Å². The predicted molar refractivity (Wildman–Crippen MR) is 78.2 cm³/mol.